The normalized spacial score (nSPS) is 12.1. The van der Waals surface area contributed by atoms with Crippen molar-refractivity contribution in [1.29, 1.82) is 0 Å². The van der Waals surface area contributed by atoms with E-state index >= 15 is 0 Å². The second-order valence-electron chi connectivity index (χ2n) is 16.4. The summed E-state index contributed by atoms with van der Waals surface area (Å²) in [5.41, 5.74) is 15.8. The Hall–Kier alpha value is -8.74. The van der Waals surface area contributed by atoms with Crippen molar-refractivity contribution in [2.45, 2.75) is 0 Å². The molecule has 5 aromatic heterocycles. The van der Waals surface area contributed by atoms with Crippen molar-refractivity contribution in [3.8, 4) is 50.6 Å². The minimum absolute atomic E-state index is 0.594. The minimum Gasteiger partial charge on any atom is -0.456 e. The van der Waals surface area contributed by atoms with Crippen LogP contribution in [0.4, 0.5) is 0 Å². The van der Waals surface area contributed by atoms with Crippen LogP contribution in [0.3, 0.4) is 0 Å². The quantitative estimate of drug-likeness (QED) is 0.173. The molecule has 6 nitrogen and oxygen atoms in total. The van der Waals surface area contributed by atoms with Gasteiger partial charge in [0.15, 0.2) is 11.4 Å². The van der Waals surface area contributed by atoms with E-state index in [0.717, 1.165) is 105 Å². The van der Waals surface area contributed by atoms with Gasteiger partial charge in [-0.05, 0) is 95.1 Å². The molecule has 0 atom stereocenters. The zero-order valence-electron chi connectivity index (χ0n) is 34.1. The second kappa shape index (κ2) is 13.4. The predicted octanol–water partition coefficient (Wildman–Crippen LogP) is 15.9. The average Bonchev–Trinajstić information content (AvgIpc) is 4.12. The molecule has 0 radical (unpaired) electrons. The van der Waals surface area contributed by atoms with Gasteiger partial charge in [0.1, 0.15) is 39.1 Å². The highest BCUT2D eigenvalue weighted by Gasteiger charge is 2.23. The fraction of sp³-hybridized carbons (Fsp3) is 0. The molecule has 0 aliphatic heterocycles. The van der Waals surface area contributed by atoms with Crippen molar-refractivity contribution in [3.05, 3.63) is 200 Å². The first-order valence-corrected chi connectivity index (χ1v) is 21.5. The van der Waals surface area contributed by atoms with Crippen LogP contribution in [0, 0.1) is 0 Å². The first kappa shape index (κ1) is 34.9. The highest BCUT2D eigenvalue weighted by molar-refractivity contribution is 6.17. The Morgan fingerprint density at radius 1 is 0.344 bits per heavy atom. The molecular formula is C58H33N3O3. The molecular weight excluding hydrogens is 787 g/mol. The molecule has 0 amide bonds. The molecule has 0 aliphatic rings. The second-order valence-corrected chi connectivity index (χ2v) is 16.4. The molecule has 0 spiro atoms. The largest absolute Gasteiger partial charge is 0.456 e. The number of furan rings is 3. The van der Waals surface area contributed by atoms with Crippen molar-refractivity contribution >= 4 is 87.8 Å². The number of rotatable bonds is 5. The van der Waals surface area contributed by atoms with Crippen molar-refractivity contribution in [1.82, 2.24) is 14.5 Å². The third kappa shape index (κ3) is 5.14. The summed E-state index contributed by atoms with van der Waals surface area (Å²) in [6, 6.07) is 69.6. The Kier molecular flexibility index (Phi) is 7.30. The molecule has 14 aromatic rings. The van der Waals surface area contributed by atoms with Gasteiger partial charge in [-0.3, -0.25) is 0 Å². The maximum absolute atomic E-state index is 6.69. The van der Waals surface area contributed by atoms with Crippen molar-refractivity contribution in [3.63, 3.8) is 0 Å². The van der Waals surface area contributed by atoms with Gasteiger partial charge in [-0.25, -0.2) is 9.97 Å². The van der Waals surface area contributed by atoms with E-state index < -0.39 is 0 Å². The van der Waals surface area contributed by atoms with Crippen molar-refractivity contribution in [2.24, 2.45) is 0 Å². The predicted molar refractivity (Wildman–Crippen MR) is 260 cm³/mol. The van der Waals surface area contributed by atoms with E-state index in [4.69, 9.17) is 23.2 Å². The molecule has 6 heteroatoms. The molecule has 5 heterocycles. The van der Waals surface area contributed by atoms with E-state index in [1.807, 2.05) is 54.6 Å². The van der Waals surface area contributed by atoms with Crippen LogP contribution in [0.15, 0.2) is 213 Å². The van der Waals surface area contributed by atoms with Crippen molar-refractivity contribution < 1.29 is 13.3 Å². The number of aromatic nitrogens is 3. The Labute approximate surface area is 364 Å². The number of para-hydroxylation sites is 3. The number of benzene rings is 9. The lowest BCUT2D eigenvalue weighted by Crippen LogP contribution is -1.94. The van der Waals surface area contributed by atoms with E-state index in [0.29, 0.717) is 11.4 Å². The summed E-state index contributed by atoms with van der Waals surface area (Å²) in [6.07, 6.45) is 0. The Balaban J connectivity index is 0.967. The zero-order chi connectivity index (χ0) is 41.9. The van der Waals surface area contributed by atoms with Gasteiger partial charge in [0, 0.05) is 54.5 Å². The van der Waals surface area contributed by atoms with E-state index in [-0.39, 0.29) is 0 Å². The highest BCUT2D eigenvalue weighted by atomic mass is 16.3. The standard InChI is InChI=1S/C58H33N3O3/c1-3-13-34(14-4-1)55-57-56(45-33-37(27-30-50(45)64-57)39-19-11-23-51-53(39)41-18-8-10-22-48(41)62-51)60-58(59-55)42-20-12-24-52-54(42)44-32-36(26-29-49(44)63-52)35-25-28-47-43(31-35)40-17-7-9-21-46(40)61(47)38-15-5-2-6-16-38/h1-33H. The van der Waals surface area contributed by atoms with Gasteiger partial charge in [-0.2, -0.15) is 0 Å². The van der Waals surface area contributed by atoms with Gasteiger partial charge >= 0.3 is 0 Å². The first-order valence-electron chi connectivity index (χ1n) is 21.5. The molecule has 298 valence electrons. The van der Waals surface area contributed by atoms with Crippen LogP contribution in [0.2, 0.25) is 0 Å². The fourth-order valence-electron chi connectivity index (χ4n) is 9.94. The zero-order valence-corrected chi connectivity index (χ0v) is 34.1. The third-order valence-corrected chi connectivity index (χ3v) is 12.8. The van der Waals surface area contributed by atoms with Crippen LogP contribution < -0.4 is 0 Å². The molecule has 0 N–H and O–H groups in total. The van der Waals surface area contributed by atoms with Gasteiger partial charge < -0.3 is 17.8 Å². The number of hydrogen-bond acceptors (Lipinski definition) is 5. The third-order valence-electron chi connectivity index (χ3n) is 12.8. The molecule has 0 saturated carbocycles. The lowest BCUT2D eigenvalue weighted by atomic mass is 9.98. The Morgan fingerprint density at radius 2 is 0.922 bits per heavy atom. The first-order chi connectivity index (χ1) is 31.7. The molecule has 0 saturated heterocycles. The minimum atomic E-state index is 0.594. The summed E-state index contributed by atoms with van der Waals surface area (Å²) >= 11 is 0. The molecule has 0 aliphatic carbocycles. The van der Waals surface area contributed by atoms with Crippen LogP contribution in [0.25, 0.3) is 138 Å². The summed E-state index contributed by atoms with van der Waals surface area (Å²) in [5, 5.41) is 7.46. The molecule has 14 rings (SSSR count). The summed E-state index contributed by atoms with van der Waals surface area (Å²) in [4.78, 5) is 10.7. The topological polar surface area (TPSA) is 70.1 Å². The van der Waals surface area contributed by atoms with Crippen LogP contribution in [0.5, 0.6) is 0 Å². The summed E-state index contributed by atoms with van der Waals surface area (Å²) in [6.45, 7) is 0. The monoisotopic (exact) mass is 819 g/mol. The maximum Gasteiger partial charge on any atom is 0.180 e. The van der Waals surface area contributed by atoms with Crippen LogP contribution in [-0.4, -0.2) is 14.5 Å². The van der Waals surface area contributed by atoms with E-state index in [1.54, 1.807) is 0 Å². The van der Waals surface area contributed by atoms with Gasteiger partial charge in [-0.15, -0.1) is 0 Å². The highest BCUT2D eigenvalue weighted by Crippen LogP contribution is 2.44. The number of fused-ring (bicyclic) bond motifs is 12. The number of nitrogens with zero attached hydrogens (tertiary/aromatic N) is 3. The molecule has 0 fully saturated rings. The molecule has 0 bridgehead atoms. The van der Waals surface area contributed by atoms with Crippen LogP contribution in [-0.2, 0) is 0 Å². The van der Waals surface area contributed by atoms with Gasteiger partial charge in [0.05, 0.1) is 11.0 Å². The van der Waals surface area contributed by atoms with Gasteiger partial charge in [0.25, 0.3) is 0 Å². The average molecular weight is 820 g/mol. The Bertz CT molecular complexity index is 4190. The van der Waals surface area contributed by atoms with Crippen LogP contribution in [0.1, 0.15) is 0 Å². The summed E-state index contributed by atoms with van der Waals surface area (Å²) in [5.74, 6) is 0.594. The van der Waals surface area contributed by atoms with Gasteiger partial charge in [-0.1, -0.05) is 127 Å². The number of hydrogen-bond donors (Lipinski definition) is 0. The van der Waals surface area contributed by atoms with Crippen LogP contribution >= 0.6 is 0 Å². The lowest BCUT2D eigenvalue weighted by Gasteiger charge is -2.09. The fourth-order valence-corrected chi connectivity index (χ4v) is 9.94. The van der Waals surface area contributed by atoms with Crippen molar-refractivity contribution in [2.75, 3.05) is 0 Å². The smallest absolute Gasteiger partial charge is 0.180 e. The lowest BCUT2D eigenvalue weighted by molar-refractivity contribution is 0.667. The Morgan fingerprint density at radius 3 is 1.73 bits per heavy atom. The summed E-state index contributed by atoms with van der Waals surface area (Å²) in [7, 11) is 0. The van der Waals surface area contributed by atoms with Gasteiger partial charge in [0.2, 0.25) is 0 Å². The van der Waals surface area contributed by atoms with E-state index in [1.165, 1.54) is 21.8 Å². The maximum atomic E-state index is 6.69. The molecule has 64 heavy (non-hydrogen) atoms. The summed E-state index contributed by atoms with van der Waals surface area (Å²) < 4.78 is 21.9. The molecule has 0 unspecified atom stereocenters. The van der Waals surface area contributed by atoms with E-state index in [9.17, 15) is 0 Å². The SMILES string of the molecule is c1ccc(-c2nc(-c3cccc4oc5ccc(-c6ccc7c(c6)c6ccccc6n7-c6ccccc6)cc5c34)nc3c2oc2ccc(-c4cccc5oc6ccccc6c45)cc23)cc1. The molecule has 9 aromatic carbocycles. The van der Waals surface area contributed by atoms with E-state index in [2.05, 4.69) is 150 Å².